The van der Waals surface area contributed by atoms with Gasteiger partial charge in [0.15, 0.2) is 11.5 Å². The molecule has 3 aromatic heterocycles. The van der Waals surface area contributed by atoms with Crippen LogP contribution >= 0.6 is 0 Å². The zero-order valence-corrected chi connectivity index (χ0v) is 13.0. The minimum absolute atomic E-state index is 0.661. The summed E-state index contributed by atoms with van der Waals surface area (Å²) in [6, 6.07) is 14.1. The van der Waals surface area contributed by atoms with Crippen molar-refractivity contribution in [3.05, 3.63) is 65.8 Å². The number of nitrogens with one attached hydrogen (secondary N) is 1. The Balaban J connectivity index is 1.55. The number of furan rings is 1. The topological polar surface area (TPSA) is 55.4 Å². The summed E-state index contributed by atoms with van der Waals surface area (Å²) in [7, 11) is 0. The predicted octanol–water partition coefficient (Wildman–Crippen LogP) is 3.33. The molecule has 0 aliphatic carbocycles. The van der Waals surface area contributed by atoms with Crippen LogP contribution in [-0.2, 0) is 19.5 Å². The lowest BCUT2D eigenvalue weighted by molar-refractivity contribution is 0.542. The Labute approximate surface area is 134 Å². The molecule has 5 heteroatoms. The summed E-state index contributed by atoms with van der Waals surface area (Å²) in [6.45, 7) is 3.53. The van der Waals surface area contributed by atoms with Crippen LogP contribution in [0, 0.1) is 0 Å². The van der Waals surface area contributed by atoms with E-state index in [0.717, 1.165) is 35.8 Å². The molecule has 23 heavy (non-hydrogen) atoms. The van der Waals surface area contributed by atoms with Crippen molar-refractivity contribution in [3.8, 4) is 0 Å². The number of aryl methyl sites for hydroxylation is 1. The molecular weight excluding hydrogens is 288 g/mol. The third-order valence-electron chi connectivity index (χ3n) is 4.07. The Morgan fingerprint density at radius 3 is 2.83 bits per heavy atom. The van der Waals surface area contributed by atoms with Gasteiger partial charge in [0.25, 0.3) is 0 Å². The molecule has 0 fully saturated rings. The van der Waals surface area contributed by atoms with Crippen LogP contribution in [0.3, 0.4) is 0 Å². The first-order valence-electron chi connectivity index (χ1n) is 7.85. The number of fused-ring (bicyclic) bond motifs is 2. The number of pyridine rings is 1. The Hall–Kier alpha value is -2.66. The average molecular weight is 306 g/mol. The van der Waals surface area contributed by atoms with Crippen molar-refractivity contribution in [3.63, 3.8) is 0 Å². The van der Waals surface area contributed by atoms with E-state index >= 15 is 0 Å². The normalized spacial score (nSPS) is 11.5. The van der Waals surface area contributed by atoms with Crippen LogP contribution in [0.1, 0.15) is 24.1 Å². The molecule has 0 radical (unpaired) electrons. The maximum absolute atomic E-state index is 5.93. The second-order valence-electron chi connectivity index (χ2n) is 5.50. The Morgan fingerprint density at radius 1 is 1.04 bits per heavy atom. The van der Waals surface area contributed by atoms with Gasteiger partial charge in [-0.25, -0.2) is 0 Å². The van der Waals surface area contributed by atoms with Gasteiger partial charge < -0.3 is 9.73 Å². The van der Waals surface area contributed by atoms with E-state index in [0.29, 0.717) is 6.54 Å². The largest absolute Gasteiger partial charge is 0.461 e. The summed E-state index contributed by atoms with van der Waals surface area (Å²) in [5, 5.41) is 13.1. The fourth-order valence-corrected chi connectivity index (χ4v) is 2.94. The second kappa shape index (κ2) is 5.85. The van der Waals surface area contributed by atoms with E-state index in [1.54, 1.807) is 0 Å². The van der Waals surface area contributed by atoms with E-state index < -0.39 is 0 Å². The van der Waals surface area contributed by atoms with Gasteiger partial charge in [-0.3, -0.25) is 4.40 Å². The van der Waals surface area contributed by atoms with Gasteiger partial charge in [-0.15, -0.1) is 10.2 Å². The summed E-state index contributed by atoms with van der Waals surface area (Å²) in [5.74, 6) is 1.95. The van der Waals surface area contributed by atoms with Gasteiger partial charge in [0.1, 0.15) is 11.3 Å². The molecule has 0 spiro atoms. The van der Waals surface area contributed by atoms with Gasteiger partial charge in [-0.2, -0.15) is 0 Å². The number of hydrogen-bond acceptors (Lipinski definition) is 4. The van der Waals surface area contributed by atoms with Gasteiger partial charge in [-0.05, 0) is 18.2 Å². The summed E-state index contributed by atoms with van der Waals surface area (Å²) in [6.07, 6.45) is 2.87. The predicted molar refractivity (Wildman–Crippen MR) is 89.1 cm³/mol. The molecule has 0 aliphatic heterocycles. The Bertz CT molecular complexity index is 954. The fourth-order valence-electron chi connectivity index (χ4n) is 2.94. The molecule has 3 heterocycles. The van der Waals surface area contributed by atoms with Crippen LogP contribution < -0.4 is 5.32 Å². The van der Waals surface area contributed by atoms with Crippen LogP contribution in [0.15, 0.2) is 53.1 Å². The molecule has 4 aromatic rings. The molecule has 0 saturated heterocycles. The minimum Gasteiger partial charge on any atom is -0.461 e. The summed E-state index contributed by atoms with van der Waals surface area (Å²) in [5.41, 5.74) is 3.05. The van der Waals surface area contributed by atoms with Crippen molar-refractivity contribution in [1.29, 1.82) is 0 Å². The highest BCUT2D eigenvalue weighted by Crippen LogP contribution is 2.26. The number of rotatable bonds is 5. The zero-order chi connectivity index (χ0) is 15.6. The smallest absolute Gasteiger partial charge is 0.160 e. The second-order valence-corrected chi connectivity index (χ2v) is 5.50. The molecule has 4 rings (SSSR count). The van der Waals surface area contributed by atoms with Crippen molar-refractivity contribution in [2.45, 2.75) is 26.4 Å². The molecule has 0 aliphatic rings. The highest BCUT2D eigenvalue weighted by atomic mass is 16.3. The van der Waals surface area contributed by atoms with Crippen LogP contribution in [0.4, 0.5) is 0 Å². The van der Waals surface area contributed by atoms with Crippen LogP contribution in [0.5, 0.6) is 0 Å². The van der Waals surface area contributed by atoms with Crippen molar-refractivity contribution in [1.82, 2.24) is 19.9 Å². The monoisotopic (exact) mass is 306 g/mol. The highest BCUT2D eigenvalue weighted by Gasteiger charge is 2.12. The first kappa shape index (κ1) is 14.0. The number of nitrogens with zero attached hydrogens (tertiary/aromatic N) is 3. The SMILES string of the molecule is CCc1oc2ccccc2c1CNCc1nnc2ccccn12. The number of benzene rings is 1. The zero-order valence-electron chi connectivity index (χ0n) is 13.0. The van der Waals surface area contributed by atoms with Gasteiger partial charge in [0, 0.05) is 30.1 Å². The Morgan fingerprint density at radius 2 is 1.91 bits per heavy atom. The Kier molecular flexibility index (Phi) is 3.55. The highest BCUT2D eigenvalue weighted by molar-refractivity contribution is 5.82. The van der Waals surface area contributed by atoms with Gasteiger partial charge in [-0.1, -0.05) is 31.2 Å². The lowest BCUT2D eigenvalue weighted by Crippen LogP contribution is -2.15. The van der Waals surface area contributed by atoms with Crippen molar-refractivity contribution < 1.29 is 4.42 Å². The van der Waals surface area contributed by atoms with E-state index in [9.17, 15) is 0 Å². The van der Waals surface area contributed by atoms with Crippen molar-refractivity contribution in [2.24, 2.45) is 0 Å². The first-order valence-corrected chi connectivity index (χ1v) is 7.85. The summed E-state index contributed by atoms with van der Waals surface area (Å²) < 4.78 is 7.93. The van der Waals surface area contributed by atoms with Gasteiger partial charge in [0.2, 0.25) is 0 Å². The molecule has 1 N–H and O–H groups in total. The molecule has 0 atom stereocenters. The molecule has 116 valence electrons. The van der Waals surface area contributed by atoms with Crippen molar-refractivity contribution >= 4 is 16.6 Å². The summed E-state index contributed by atoms with van der Waals surface area (Å²) >= 11 is 0. The average Bonchev–Trinajstić information content (AvgIpc) is 3.17. The maximum Gasteiger partial charge on any atom is 0.160 e. The van der Waals surface area contributed by atoms with E-state index in [2.05, 4.69) is 28.5 Å². The first-order chi connectivity index (χ1) is 11.4. The van der Waals surface area contributed by atoms with E-state index in [-0.39, 0.29) is 0 Å². The molecule has 1 aromatic carbocycles. The molecule has 0 saturated carbocycles. The molecule has 0 amide bonds. The molecule has 5 nitrogen and oxygen atoms in total. The minimum atomic E-state index is 0.661. The lowest BCUT2D eigenvalue weighted by atomic mass is 10.1. The molecule has 0 unspecified atom stereocenters. The maximum atomic E-state index is 5.93. The third-order valence-corrected chi connectivity index (χ3v) is 4.07. The van der Waals surface area contributed by atoms with E-state index in [1.807, 2.05) is 47.0 Å². The van der Waals surface area contributed by atoms with E-state index in [1.165, 1.54) is 10.9 Å². The van der Waals surface area contributed by atoms with Gasteiger partial charge in [0.05, 0.1) is 6.54 Å². The number of hydrogen-bond donors (Lipinski definition) is 1. The number of para-hydroxylation sites is 1. The molecular formula is C18H18N4O. The van der Waals surface area contributed by atoms with E-state index in [4.69, 9.17) is 4.42 Å². The summed E-state index contributed by atoms with van der Waals surface area (Å²) in [4.78, 5) is 0. The van der Waals surface area contributed by atoms with Crippen LogP contribution in [0.25, 0.3) is 16.6 Å². The van der Waals surface area contributed by atoms with Crippen LogP contribution in [-0.4, -0.2) is 14.6 Å². The fraction of sp³-hybridized carbons (Fsp3) is 0.222. The standard InChI is InChI=1S/C18H18N4O/c1-2-15-14(13-7-3-4-8-16(13)23-15)11-19-12-18-21-20-17-9-5-6-10-22(17)18/h3-10,19H,2,11-12H2,1H3. The number of aromatic nitrogens is 3. The lowest BCUT2D eigenvalue weighted by Gasteiger charge is -2.04. The van der Waals surface area contributed by atoms with Gasteiger partial charge >= 0.3 is 0 Å². The third kappa shape index (κ3) is 2.49. The molecule has 0 bridgehead atoms. The quantitative estimate of drug-likeness (QED) is 0.614. The van der Waals surface area contributed by atoms with Crippen LogP contribution in [0.2, 0.25) is 0 Å². The van der Waals surface area contributed by atoms with Crippen molar-refractivity contribution in [2.75, 3.05) is 0 Å².